The van der Waals surface area contributed by atoms with Gasteiger partial charge in [-0.3, -0.25) is 9.59 Å². The molecule has 0 bridgehead atoms. The number of rotatable bonds is 4. The van der Waals surface area contributed by atoms with Crippen molar-refractivity contribution in [2.75, 3.05) is 23.7 Å². The fourth-order valence-electron chi connectivity index (χ4n) is 4.94. The molecule has 1 aliphatic heterocycles. The average Bonchev–Trinajstić information content (AvgIpc) is 3.46. The summed E-state index contributed by atoms with van der Waals surface area (Å²) in [5.74, 6) is 0.109. The molecule has 11 nitrogen and oxygen atoms in total. The summed E-state index contributed by atoms with van der Waals surface area (Å²) in [5, 5.41) is 12.8. The van der Waals surface area contributed by atoms with E-state index in [1.165, 1.54) is 13.3 Å². The summed E-state index contributed by atoms with van der Waals surface area (Å²) in [6.07, 6.45) is 3.13. The van der Waals surface area contributed by atoms with Crippen LogP contribution < -0.4 is 10.6 Å². The first-order valence-corrected chi connectivity index (χ1v) is 11.8. The molecule has 1 fully saturated rings. The van der Waals surface area contributed by atoms with E-state index >= 15 is 0 Å². The standard InChI is InChI=1S/C25H29N9O2/c1-15(2)33-21(13-28-30-33)19-12-20(34-22(19)23(26)27-14-29-34)17-7-6-8-18(11-17)31-9-10-32(16(3)35)25(4,5)24(31)36/h6-8,11-15H,9-10H2,1-5H3,(H2,26,27,29). The molecule has 11 heteroatoms. The Morgan fingerprint density at radius 1 is 1.14 bits per heavy atom. The molecule has 1 saturated heterocycles. The Balaban J connectivity index is 1.62. The minimum atomic E-state index is -0.932. The van der Waals surface area contributed by atoms with Gasteiger partial charge in [0.05, 0.1) is 17.6 Å². The number of piperazine rings is 1. The molecule has 0 atom stereocenters. The number of hydrogen-bond donors (Lipinski definition) is 1. The highest BCUT2D eigenvalue weighted by Crippen LogP contribution is 2.36. The summed E-state index contributed by atoms with van der Waals surface area (Å²) in [5.41, 5.74) is 10.1. The quantitative estimate of drug-likeness (QED) is 0.469. The zero-order valence-corrected chi connectivity index (χ0v) is 21.0. The first kappa shape index (κ1) is 23.5. The van der Waals surface area contributed by atoms with Crippen molar-refractivity contribution in [3.05, 3.63) is 42.9 Å². The predicted molar refractivity (Wildman–Crippen MR) is 136 cm³/mol. The van der Waals surface area contributed by atoms with Gasteiger partial charge in [-0.05, 0) is 45.9 Å². The van der Waals surface area contributed by atoms with Crippen LogP contribution in [0.3, 0.4) is 0 Å². The molecule has 0 unspecified atom stereocenters. The Morgan fingerprint density at radius 3 is 2.64 bits per heavy atom. The fraction of sp³-hybridized carbons (Fsp3) is 0.360. The van der Waals surface area contributed by atoms with E-state index in [1.807, 2.05) is 48.9 Å². The fourth-order valence-corrected chi connectivity index (χ4v) is 4.94. The molecule has 0 spiro atoms. The Morgan fingerprint density at radius 2 is 1.92 bits per heavy atom. The molecule has 5 rings (SSSR count). The monoisotopic (exact) mass is 487 g/mol. The number of hydrogen-bond acceptors (Lipinski definition) is 7. The summed E-state index contributed by atoms with van der Waals surface area (Å²) < 4.78 is 3.59. The van der Waals surface area contributed by atoms with E-state index in [4.69, 9.17) is 5.73 Å². The molecule has 0 saturated carbocycles. The number of carbonyl (C=O) groups excluding carboxylic acids is 2. The summed E-state index contributed by atoms with van der Waals surface area (Å²) in [6, 6.07) is 9.82. The predicted octanol–water partition coefficient (Wildman–Crippen LogP) is 2.79. The largest absolute Gasteiger partial charge is 0.382 e. The van der Waals surface area contributed by atoms with Crippen LogP contribution in [0.15, 0.2) is 42.9 Å². The number of anilines is 2. The molecule has 0 aliphatic carbocycles. The Labute approximate surface area is 208 Å². The summed E-state index contributed by atoms with van der Waals surface area (Å²) in [6.45, 7) is 10.0. The highest BCUT2D eigenvalue weighted by Gasteiger charge is 2.43. The molecule has 1 aliphatic rings. The van der Waals surface area contributed by atoms with Crippen molar-refractivity contribution in [2.45, 2.75) is 46.2 Å². The van der Waals surface area contributed by atoms with Crippen LogP contribution in [0.25, 0.3) is 28.0 Å². The van der Waals surface area contributed by atoms with Gasteiger partial charge in [-0.1, -0.05) is 17.3 Å². The van der Waals surface area contributed by atoms with E-state index in [9.17, 15) is 9.59 Å². The van der Waals surface area contributed by atoms with Crippen LogP contribution in [0.5, 0.6) is 0 Å². The van der Waals surface area contributed by atoms with Gasteiger partial charge in [0.15, 0.2) is 5.82 Å². The van der Waals surface area contributed by atoms with E-state index in [2.05, 4.69) is 20.4 Å². The lowest BCUT2D eigenvalue weighted by Crippen LogP contribution is -2.64. The van der Waals surface area contributed by atoms with Crippen molar-refractivity contribution in [2.24, 2.45) is 0 Å². The van der Waals surface area contributed by atoms with Crippen molar-refractivity contribution in [1.82, 2.24) is 34.5 Å². The number of fused-ring (bicyclic) bond motifs is 1. The minimum Gasteiger partial charge on any atom is -0.382 e. The van der Waals surface area contributed by atoms with Gasteiger partial charge in [-0.15, -0.1) is 5.10 Å². The van der Waals surface area contributed by atoms with Crippen LogP contribution in [0, 0.1) is 0 Å². The van der Waals surface area contributed by atoms with Crippen molar-refractivity contribution in [3.8, 4) is 22.5 Å². The zero-order chi connectivity index (χ0) is 25.8. The molecular formula is C25H29N9O2. The van der Waals surface area contributed by atoms with Crippen molar-refractivity contribution < 1.29 is 9.59 Å². The van der Waals surface area contributed by atoms with Crippen LogP contribution in [0.1, 0.15) is 40.7 Å². The minimum absolute atomic E-state index is 0.0955. The molecule has 4 aromatic rings. The van der Waals surface area contributed by atoms with Crippen molar-refractivity contribution in [1.29, 1.82) is 0 Å². The van der Waals surface area contributed by atoms with Gasteiger partial charge in [0.25, 0.3) is 5.91 Å². The number of aromatic nitrogens is 6. The highest BCUT2D eigenvalue weighted by atomic mass is 16.2. The lowest BCUT2D eigenvalue weighted by Gasteiger charge is -2.45. The molecule has 3 aromatic heterocycles. The second-order valence-corrected chi connectivity index (χ2v) is 9.74. The van der Waals surface area contributed by atoms with Gasteiger partial charge in [0, 0.05) is 42.9 Å². The second kappa shape index (κ2) is 8.43. The third kappa shape index (κ3) is 3.58. The third-order valence-electron chi connectivity index (χ3n) is 6.75. The normalized spacial score (nSPS) is 15.8. The van der Waals surface area contributed by atoms with Crippen molar-refractivity contribution >= 4 is 28.8 Å². The van der Waals surface area contributed by atoms with Gasteiger partial charge < -0.3 is 15.5 Å². The molecule has 36 heavy (non-hydrogen) atoms. The highest BCUT2D eigenvalue weighted by molar-refractivity contribution is 6.03. The summed E-state index contributed by atoms with van der Waals surface area (Å²) >= 11 is 0. The lowest BCUT2D eigenvalue weighted by molar-refractivity contribution is -0.145. The van der Waals surface area contributed by atoms with E-state index < -0.39 is 5.54 Å². The Kier molecular flexibility index (Phi) is 5.50. The Hall–Kier alpha value is -4.28. The Bertz CT molecular complexity index is 1480. The van der Waals surface area contributed by atoms with Crippen molar-refractivity contribution in [3.63, 3.8) is 0 Å². The number of nitrogens with zero attached hydrogens (tertiary/aromatic N) is 8. The number of carbonyl (C=O) groups is 2. The van der Waals surface area contributed by atoms with Crippen LogP contribution >= 0.6 is 0 Å². The van der Waals surface area contributed by atoms with Gasteiger partial charge in [-0.2, -0.15) is 5.10 Å². The molecule has 4 heterocycles. The summed E-state index contributed by atoms with van der Waals surface area (Å²) in [4.78, 5) is 33.0. The first-order chi connectivity index (χ1) is 17.1. The van der Waals surface area contributed by atoms with Crippen LogP contribution in [-0.2, 0) is 9.59 Å². The maximum absolute atomic E-state index is 13.4. The maximum atomic E-state index is 13.4. The van der Waals surface area contributed by atoms with Gasteiger partial charge >= 0.3 is 0 Å². The smallest absolute Gasteiger partial charge is 0.252 e. The average molecular weight is 488 g/mol. The van der Waals surface area contributed by atoms with Gasteiger partial charge in [0.1, 0.15) is 17.4 Å². The van der Waals surface area contributed by atoms with Crippen LogP contribution in [0.4, 0.5) is 11.5 Å². The maximum Gasteiger partial charge on any atom is 0.252 e. The second-order valence-electron chi connectivity index (χ2n) is 9.74. The SMILES string of the molecule is CC(=O)N1CCN(c2cccc(-c3cc(-c4cnnn4C(C)C)c4c(N)ncnn34)c2)C(=O)C1(C)C. The van der Waals surface area contributed by atoms with E-state index in [0.29, 0.717) is 24.4 Å². The molecule has 2 amide bonds. The molecule has 0 radical (unpaired) electrons. The molecular weight excluding hydrogens is 458 g/mol. The number of nitrogens with two attached hydrogens (primary N) is 1. The summed E-state index contributed by atoms with van der Waals surface area (Å²) in [7, 11) is 0. The van der Waals surface area contributed by atoms with E-state index in [1.54, 1.807) is 34.4 Å². The molecule has 2 N–H and O–H groups in total. The first-order valence-electron chi connectivity index (χ1n) is 11.8. The number of benzene rings is 1. The zero-order valence-electron chi connectivity index (χ0n) is 21.0. The van der Waals surface area contributed by atoms with Gasteiger partial charge in [-0.25, -0.2) is 14.2 Å². The van der Waals surface area contributed by atoms with E-state index in [-0.39, 0.29) is 17.9 Å². The lowest BCUT2D eigenvalue weighted by atomic mass is 9.96. The molecule has 186 valence electrons. The third-order valence-corrected chi connectivity index (χ3v) is 6.75. The number of nitrogen functional groups attached to an aromatic ring is 1. The topological polar surface area (TPSA) is 128 Å². The van der Waals surface area contributed by atoms with E-state index in [0.717, 1.165) is 28.2 Å². The van der Waals surface area contributed by atoms with Crippen LogP contribution in [-0.4, -0.2) is 64.9 Å². The van der Waals surface area contributed by atoms with Crippen LogP contribution in [0.2, 0.25) is 0 Å². The number of amides is 2. The molecule has 1 aromatic carbocycles. The van der Waals surface area contributed by atoms with Gasteiger partial charge in [0.2, 0.25) is 5.91 Å².